The van der Waals surface area contributed by atoms with Crippen LogP contribution in [0.4, 0.5) is 0 Å². The molecule has 0 bridgehead atoms. The summed E-state index contributed by atoms with van der Waals surface area (Å²) in [5.41, 5.74) is 0.751. The highest BCUT2D eigenvalue weighted by Gasteiger charge is 2.23. The van der Waals surface area contributed by atoms with Gasteiger partial charge in [-0.2, -0.15) is 0 Å². The summed E-state index contributed by atoms with van der Waals surface area (Å²) in [5.74, 6) is 0.662. The molecule has 1 aromatic carbocycles. The van der Waals surface area contributed by atoms with Crippen molar-refractivity contribution in [2.45, 2.75) is 39.4 Å². The average molecular weight is 301 g/mol. The third-order valence-electron chi connectivity index (χ3n) is 2.63. The van der Waals surface area contributed by atoms with Gasteiger partial charge in [0.25, 0.3) is 0 Å². The highest BCUT2D eigenvalue weighted by molar-refractivity contribution is 7.32. The molecule has 0 spiro atoms. The number of unbranched alkanes of at least 4 members (excludes halogenated alkanes) is 1. The number of epoxide rings is 1. The maximum absolute atomic E-state index is 10.4. The molecule has 1 fully saturated rings. The van der Waals surface area contributed by atoms with E-state index in [-0.39, 0.29) is 12.7 Å². The van der Waals surface area contributed by atoms with Crippen molar-refractivity contribution in [3.8, 4) is 5.75 Å². The molecule has 2 atom stereocenters. The Kier molecular flexibility index (Phi) is 8.38. The first-order chi connectivity index (χ1) is 9.67. The van der Waals surface area contributed by atoms with Crippen LogP contribution in [0.25, 0.3) is 0 Å². The summed E-state index contributed by atoms with van der Waals surface area (Å²) in [7, 11) is -2.58. The van der Waals surface area contributed by atoms with Gasteiger partial charge in [0.05, 0.1) is 6.61 Å². The first kappa shape index (κ1) is 17.1. The van der Waals surface area contributed by atoms with E-state index < -0.39 is 8.25 Å². The Hall–Kier alpha value is -1.00. The Balaban J connectivity index is 0.000000444. The molecule has 2 unspecified atom stereocenters. The van der Waals surface area contributed by atoms with Crippen LogP contribution in [-0.4, -0.2) is 24.2 Å². The Morgan fingerprint density at radius 3 is 2.55 bits per heavy atom. The van der Waals surface area contributed by atoms with E-state index in [2.05, 4.69) is 18.4 Å². The van der Waals surface area contributed by atoms with Crippen LogP contribution in [-0.2, 0) is 20.4 Å². The first-order valence-corrected chi connectivity index (χ1v) is 7.91. The number of hydrogen-bond donors (Lipinski definition) is 1. The molecule has 0 amide bonds. The Morgan fingerprint density at radius 1 is 1.35 bits per heavy atom. The van der Waals surface area contributed by atoms with Crippen molar-refractivity contribution in [2.75, 3.05) is 13.2 Å². The van der Waals surface area contributed by atoms with Crippen LogP contribution in [0.5, 0.6) is 5.75 Å². The molecule has 112 valence electrons. The molecule has 6 heteroatoms. The molecular weight excluding hydrogens is 279 g/mol. The SMILES string of the molecule is CCCC.O=[P+](O)OCc1ccccc1OCC1CO1. The van der Waals surface area contributed by atoms with E-state index in [9.17, 15) is 4.57 Å². The molecule has 0 aromatic heterocycles. The van der Waals surface area contributed by atoms with E-state index in [1.807, 2.05) is 12.1 Å². The lowest BCUT2D eigenvalue weighted by atomic mass is 10.2. The summed E-state index contributed by atoms with van der Waals surface area (Å²) >= 11 is 0. The minimum atomic E-state index is -2.58. The van der Waals surface area contributed by atoms with Crippen LogP contribution < -0.4 is 4.74 Å². The molecule has 1 saturated heterocycles. The van der Waals surface area contributed by atoms with Crippen LogP contribution in [0.2, 0.25) is 0 Å². The number of rotatable bonds is 7. The molecule has 0 saturated carbocycles. The fraction of sp³-hybridized carbons (Fsp3) is 0.571. The van der Waals surface area contributed by atoms with Crippen molar-refractivity contribution in [1.82, 2.24) is 0 Å². The van der Waals surface area contributed by atoms with Crippen LogP contribution in [0, 0.1) is 0 Å². The summed E-state index contributed by atoms with van der Waals surface area (Å²) < 4.78 is 25.6. The van der Waals surface area contributed by atoms with Crippen LogP contribution in [0.3, 0.4) is 0 Å². The second-order valence-corrected chi connectivity index (χ2v) is 5.12. The molecule has 1 aromatic rings. The van der Waals surface area contributed by atoms with Crippen molar-refractivity contribution < 1.29 is 23.5 Å². The lowest BCUT2D eigenvalue weighted by Gasteiger charge is -2.07. The third-order valence-corrected chi connectivity index (χ3v) is 2.98. The normalized spacial score (nSPS) is 16.9. The van der Waals surface area contributed by atoms with Gasteiger partial charge in [0.2, 0.25) is 0 Å². The second kappa shape index (κ2) is 9.83. The molecule has 1 aliphatic heterocycles. The number of benzene rings is 1. The van der Waals surface area contributed by atoms with E-state index in [1.54, 1.807) is 12.1 Å². The summed E-state index contributed by atoms with van der Waals surface area (Å²) in [6, 6.07) is 7.25. The Morgan fingerprint density at radius 2 is 2.00 bits per heavy atom. The average Bonchev–Trinajstić information content (AvgIpc) is 3.28. The number of para-hydroxylation sites is 1. The standard InChI is InChI=1S/C10H11O5P.C4H10/c11-16(12)15-5-8-3-1-2-4-10(8)14-7-9-6-13-9;1-3-4-2/h1-4,9H,5-7H2;3-4H2,1-2H3/p+1. The zero-order valence-corrected chi connectivity index (χ0v) is 12.8. The lowest BCUT2D eigenvalue weighted by molar-refractivity contribution is 0.244. The van der Waals surface area contributed by atoms with Crippen molar-refractivity contribution in [1.29, 1.82) is 0 Å². The molecule has 1 N–H and O–H groups in total. The minimum Gasteiger partial charge on any atom is -0.490 e. The van der Waals surface area contributed by atoms with Crippen molar-refractivity contribution in [3.05, 3.63) is 29.8 Å². The fourth-order valence-corrected chi connectivity index (χ4v) is 1.49. The molecule has 5 nitrogen and oxygen atoms in total. The lowest BCUT2D eigenvalue weighted by Crippen LogP contribution is -2.05. The fourth-order valence-electron chi connectivity index (χ4n) is 1.24. The highest BCUT2D eigenvalue weighted by atomic mass is 31.1. The van der Waals surface area contributed by atoms with Crippen LogP contribution >= 0.6 is 8.25 Å². The quantitative estimate of drug-likeness (QED) is 0.617. The van der Waals surface area contributed by atoms with Gasteiger partial charge in [0.15, 0.2) is 0 Å². The van der Waals surface area contributed by atoms with Gasteiger partial charge < -0.3 is 9.47 Å². The van der Waals surface area contributed by atoms with Gasteiger partial charge in [-0.15, -0.1) is 9.42 Å². The zero-order valence-electron chi connectivity index (χ0n) is 11.9. The van der Waals surface area contributed by atoms with Gasteiger partial charge in [-0.3, -0.25) is 0 Å². The largest absolute Gasteiger partial charge is 0.695 e. The van der Waals surface area contributed by atoms with Crippen molar-refractivity contribution in [2.24, 2.45) is 0 Å². The van der Waals surface area contributed by atoms with Gasteiger partial charge in [-0.05, 0) is 6.07 Å². The molecule has 20 heavy (non-hydrogen) atoms. The maximum Gasteiger partial charge on any atom is 0.695 e. The predicted octanol–water partition coefficient (Wildman–Crippen LogP) is 3.44. The zero-order chi connectivity index (χ0) is 14.8. The van der Waals surface area contributed by atoms with Gasteiger partial charge in [-0.25, -0.2) is 0 Å². The van der Waals surface area contributed by atoms with Crippen molar-refractivity contribution >= 4 is 8.25 Å². The predicted molar refractivity (Wildman–Crippen MR) is 76.9 cm³/mol. The summed E-state index contributed by atoms with van der Waals surface area (Å²) in [5, 5.41) is 0. The van der Waals surface area contributed by atoms with E-state index in [0.29, 0.717) is 12.4 Å². The summed E-state index contributed by atoms with van der Waals surface area (Å²) in [4.78, 5) is 8.56. The highest BCUT2D eigenvalue weighted by Crippen LogP contribution is 2.25. The van der Waals surface area contributed by atoms with E-state index in [1.165, 1.54) is 12.8 Å². The van der Waals surface area contributed by atoms with E-state index >= 15 is 0 Å². The summed E-state index contributed by atoms with van der Waals surface area (Å²) in [6.07, 6.45) is 2.82. The second-order valence-electron chi connectivity index (χ2n) is 4.39. The molecule has 1 aliphatic rings. The molecule has 2 rings (SSSR count). The molecule has 1 heterocycles. The van der Waals surface area contributed by atoms with Crippen molar-refractivity contribution in [3.63, 3.8) is 0 Å². The van der Waals surface area contributed by atoms with Gasteiger partial charge in [0, 0.05) is 10.1 Å². The number of ether oxygens (including phenoxy) is 2. The molecule has 0 radical (unpaired) electrons. The molecule has 0 aliphatic carbocycles. The van der Waals surface area contributed by atoms with E-state index in [0.717, 1.165) is 12.2 Å². The third kappa shape index (κ3) is 7.56. The summed E-state index contributed by atoms with van der Waals surface area (Å²) in [6.45, 7) is 5.66. The van der Waals surface area contributed by atoms with Gasteiger partial charge in [-0.1, -0.05) is 44.9 Å². The van der Waals surface area contributed by atoms with Crippen LogP contribution in [0.1, 0.15) is 32.3 Å². The van der Waals surface area contributed by atoms with Crippen LogP contribution in [0.15, 0.2) is 24.3 Å². The molecular formula is C14H22O5P+. The first-order valence-electron chi connectivity index (χ1n) is 6.78. The van der Waals surface area contributed by atoms with Gasteiger partial charge >= 0.3 is 8.25 Å². The smallest absolute Gasteiger partial charge is 0.490 e. The Labute approximate surface area is 120 Å². The monoisotopic (exact) mass is 301 g/mol. The Bertz CT molecular complexity index is 404. The topological polar surface area (TPSA) is 68.3 Å². The minimum absolute atomic E-state index is 0.0629. The van der Waals surface area contributed by atoms with Gasteiger partial charge in [0.1, 0.15) is 25.1 Å². The maximum atomic E-state index is 10.4. The van der Waals surface area contributed by atoms with E-state index in [4.69, 9.17) is 14.4 Å². The number of hydrogen-bond acceptors (Lipinski definition) is 4.